The van der Waals surface area contributed by atoms with Crippen LogP contribution in [-0.4, -0.2) is 11.1 Å². The molecule has 0 radical (unpaired) electrons. The Morgan fingerprint density at radius 1 is 1.33 bits per heavy atom. The van der Waals surface area contributed by atoms with Gasteiger partial charge in [-0.1, -0.05) is 32.0 Å². The lowest BCUT2D eigenvalue weighted by Crippen LogP contribution is -2.30. The molecule has 0 bridgehead atoms. The van der Waals surface area contributed by atoms with Crippen molar-refractivity contribution in [3.8, 4) is 0 Å². The van der Waals surface area contributed by atoms with Gasteiger partial charge in [-0.2, -0.15) is 0 Å². The molecule has 0 spiro atoms. The van der Waals surface area contributed by atoms with Crippen LogP contribution in [0.15, 0.2) is 24.3 Å². The van der Waals surface area contributed by atoms with Crippen LogP contribution in [0.5, 0.6) is 0 Å². The van der Waals surface area contributed by atoms with Crippen LogP contribution in [-0.2, 0) is 0 Å². The molecule has 0 aromatic heterocycles. The quantitative estimate of drug-likeness (QED) is 0.802. The number of aliphatic hydroxyl groups excluding tert-OH is 1. The molecule has 2 nitrogen and oxygen atoms in total. The van der Waals surface area contributed by atoms with Crippen molar-refractivity contribution in [2.24, 2.45) is 11.7 Å². The van der Waals surface area contributed by atoms with Gasteiger partial charge in [0.2, 0.25) is 0 Å². The van der Waals surface area contributed by atoms with Gasteiger partial charge in [-0.05, 0) is 18.4 Å². The average molecular weight is 211 g/mol. The third-order valence-electron chi connectivity index (χ3n) is 2.37. The zero-order valence-corrected chi connectivity index (χ0v) is 9.15. The number of hydrogen-bond donors (Lipinski definition) is 2. The molecule has 0 aliphatic rings. The minimum absolute atomic E-state index is 0.283. The van der Waals surface area contributed by atoms with Crippen LogP contribution in [0.4, 0.5) is 4.39 Å². The van der Waals surface area contributed by atoms with Crippen LogP contribution in [0, 0.1) is 11.7 Å². The first-order valence-corrected chi connectivity index (χ1v) is 5.20. The molecule has 0 fully saturated rings. The van der Waals surface area contributed by atoms with E-state index in [2.05, 4.69) is 0 Å². The molecule has 0 aliphatic carbocycles. The molecule has 0 amide bonds. The van der Waals surface area contributed by atoms with E-state index < -0.39 is 18.0 Å². The number of benzene rings is 1. The van der Waals surface area contributed by atoms with Gasteiger partial charge in [0, 0.05) is 11.6 Å². The third kappa shape index (κ3) is 3.29. The van der Waals surface area contributed by atoms with E-state index in [1.54, 1.807) is 18.2 Å². The van der Waals surface area contributed by atoms with Gasteiger partial charge in [-0.3, -0.25) is 0 Å². The Morgan fingerprint density at radius 2 is 1.93 bits per heavy atom. The van der Waals surface area contributed by atoms with Crippen LogP contribution in [0.1, 0.15) is 31.9 Å². The first-order valence-electron chi connectivity index (χ1n) is 5.20. The van der Waals surface area contributed by atoms with Gasteiger partial charge >= 0.3 is 0 Å². The van der Waals surface area contributed by atoms with Gasteiger partial charge in [0.25, 0.3) is 0 Å². The summed E-state index contributed by atoms with van der Waals surface area (Å²) in [5, 5.41) is 9.85. The molecule has 1 aromatic rings. The second-order valence-electron chi connectivity index (χ2n) is 4.26. The van der Waals surface area contributed by atoms with Crippen LogP contribution < -0.4 is 5.73 Å². The Morgan fingerprint density at radius 3 is 2.47 bits per heavy atom. The predicted octanol–water partition coefficient (Wildman–Crippen LogP) is 2.23. The molecule has 2 atom stereocenters. The van der Waals surface area contributed by atoms with Crippen molar-refractivity contribution in [1.82, 2.24) is 0 Å². The molecular weight excluding hydrogens is 193 g/mol. The maximum atomic E-state index is 13.3. The highest BCUT2D eigenvalue weighted by Gasteiger charge is 2.20. The van der Waals surface area contributed by atoms with E-state index in [4.69, 9.17) is 5.73 Å². The van der Waals surface area contributed by atoms with Crippen molar-refractivity contribution in [3.05, 3.63) is 35.6 Å². The Labute approximate surface area is 89.9 Å². The summed E-state index contributed by atoms with van der Waals surface area (Å²) in [4.78, 5) is 0. The van der Waals surface area contributed by atoms with Crippen molar-refractivity contribution in [2.75, 3.05) is 0 Å². The smallest absolute Gasteiger partial charge is 0.129 e. The van der Waals surface area contributed by atoms with E-state index in [1.165, 1.54) is 6.07 Å². The highest BCUT2D eigenvalue weighted by molar-refractivity contribution is 5.21. The fraction of sp³-hybridized carbons (Fsp3) is 0.500. The first kappa shape index (κ1) is 12.1. The van der Waals surface area contributed by atoms with Crippen molar-refractivity contribution >= 4 is 0 Å². The molecule has 0 aliphatic heterocycles. The molecule has 3 heteroatoms. The van der Waals surface area contributed by atoms with Crippen LogP contribution in [0.3, 0.4) is 0 Å². The monoisotopic (exact) mass is 211 g/mol. The van der Waals surface area contributed by atoms with Crippen molar-refractivity contribution in [3.63, 3.8) is 0 Å². The topological polar surface area (TPSA) is 46.2 Å². The van der Waals surface area contributed by atoms with Gasteiger partial charge in [-0.25, -0.2) is 4.39 Å². The Bertz CT molecular complexity index is 314. The maximum Gasteiger partial charge on any atom is 0.129 e. The van der Waals surface area contributed by atoms with Gasteiger partial charge in [0.15, 0.2) is 0 Å². The highest BCUT2D eigenvalue weighted by Crippen LogP contribution is 2.22. The van der Waals surface area contributed by atoms with Gasteiger partial charge in [0.1, 0.15) is 5.82 Å². The Balaban J connectivity index is 2.76. The molecule has 0 heterocycles. The SMILES string of the molecule is CC(C)CC(N)C(O)c1ccccc1F. The zero-order valence-electron chi connectivity index (χ0n) is 9.15. The molecule has 0 saturated heterocycles. The van der Waals surface area contributed by atoms with Crippen molar-refractivity contribution < 1.29 is 9.50 Å². The highest BCUT2D eigenvalue weighted by atomic mass is 19.1. The molecule has 0 saturated carbocycles. The van der Waals surface area contributed by atoms with Crippen molar-refractivity contribution in [2.45, 2.75) is 32.4 Å². The second-order valence-corrected chi connectivity index (χ2v) is 4.26. The third-order valence-corrected chi connectivity index (χ3v) is 2.37. The standard InChI is InChI=1S/C12H18FNO/c1-8(2)7-11(14)12(15)9-5-3-4-6-10(9)13/h3-6,8,11-12,15H,7,14H2,1-2H3. The summed E-state index contributed by atoms with van der Waals surface area (Å²) in [6.45, 7) is 4.04. The summed E-state index contributed by atoms with van der Waals surface area (Å²) < 4.78 is 13.3. The van der Waals surface area contributed by atoms with E-state index in [0.29, 0.717) is 12.3 Å². The van der Waals surface area contributed by atoms with E-state index in [0.717, 1.165) is 0 Å². The van der Waals surface area contributed by atoms with Gasteiger partial charge < -0.3 is 10.8 Å². The predicted molar refractivity (Wildman–Crippen MR) is 58.8 cm³/mol. The number of aliphatic hydroxyl groups is 1. The normalized spacial score (nSPS) is 15.3. The molecule has 2 unspecified atom stereocenters. The summed E-state index contributed by atoms with van der Waals surface area (Å²) in [6, 6.07) is 5.78. The minimum atomic E-state index is -0.923. The second kappa shape index (κ2) is 5.24. The largest absolute Gasteiger partial charge is 0.387 e. The number of hydrogen-bond acceptors (Lipinski definition) is 2. The van der Waals surface area contributed by atoms with E-state index in [9.17, 15) is 9.50 Å². The van der Waals surface area contributed by atoms with Gasteiger partial charge in [0.05, 0.1) is 6.10 Å². The van der Waals surface area contributed by atoms with E-state index in [1.807, 2.05) is 13.8 Å². The first-order chi connectivity index (χ1) is 7.02. The summed E-state index contributed by atoms with van der Waals surface area (Å²) in [7, 11) is 0. The fourth-order valence-corrected chi connectivity index (χ4v) is 1.62. The molecule has 3 N–H and O–H groups in total. The number of nitrogens with two attached hydrogens (primary N) is 1. The summed E-state index contributed by atoms with van der Waals surface area (Å²) >= 11 is 0. The summed E-state index contributed by atoms with van der Waals surface area (Å²) in [6.07, 6.45) is -0.247. The molecule has 1 aromatic carbocycles. The molecular formula is C12H18FNO. The maximum absolute atomic E-state index is 13.3. The minimum Gasteiger partial charge on any atom is -0.387 e. The lowest BCUT2D eigenvalue weighted by atomic mass is 9.95. The lowest BCUT2D eigenvalue weighted by Gasteiger charge is -2.21. The molecule has 15 heavy (non-hydrogen) atoms. The zero-order chi connectivity index (χ0) is 11.4. The summed E-state index contributed by atoms with van der Waals surface area (Å²) in [5.41, 5.74) is 6.09. The lowest BCUT2D eigenvalue weighted by molar-refractivity contribution is 0.132. The van der Waals surface area contributed by atoms with Crippen LogP contribution in [0.25, 0.3) is 0 Å². The van der Waals surface area contributed by atoms with Crippen molar-refractivity contribution in [1.29, 1.82) is 0 Å². The Kier molecular flexibility index (Phi) is 4.24. The number of rotatable bonds is 4. The fourth-order valence-electron chi connectivity index (χ4n) is 1.62. The van der Waals surface area contributed by atoms with E-state index >= 15 is 0 Å². The van der Waals surface area contributed by atoms with Gasteiger partial charge in [-0.15, -0.1) is 0 Å². The molecule has 1 rings (SSSR count). The Hall–Kier alpha value is -0.930. The van der Waals surface area contributed by atoms with Crippen LogP contribution in [0.2, 0.25) is 0 Å². The average Bonchev–Trinajstić information content (AvgIpc) is 2.16. The van der Waals surface area contributed by atoms with Crippen LogP contribution >= 0.6 is 0 Å². The molecule has 84 valence electrons. The summed E-state index contributed by atoms with van der Waals surface area (Å²) in [5.74, 6) is -0.00868. The number of halogens is 1. The van der Waals surface area contributed by atoms with E-state index in [-0.39, 0.29) is 5.56 Å².